The first-order valence-corrected chi connectivity index (χ1v) is 12.6. The molecule has 0 saturated heterocycles. The van der Waals surface area contributed by atoms with E-state index < -0.39 is 5.69 Å². The summed E-state index contributed by atoms with van der Waals surface area (Å²) < 4.78 is 3.92. The number of ketones is 1. The van der Waals surface area contributed by atoms with E-state index in [4.69, 9.17) is 0 Å². The maximum absolute atomic E-state index is 13.6. The normalized spacial score (nSPS) is 11.7. The van der Waals surface area contributed by atoms with Crippen molar-refractivity contribution >= 4 is 28.4 Å². The van der Waals surface area contributed by atoms with Gasteiger partial charge in [0.2, 0.25) is 5.78 Å². The van der Waals surface area contributed by atoms with Crippen LogP contribution < -0.4 is 16.6 Å². The Labute approximate surface area is 214 Å². The minimum Gasteiger partial charge on any atom is -0.350 e. The second-order valence-electron chi connectivity index (χ2n) is 10.3. The van der Waals surface area contributed by atoms with Crippen molar-refractivity contribution in [2.75, 3.05) is 0 Å². The van der Waals surface area contributed by atoms with Crippen LogP contribution in [0, 0.1) is 19.8 Å². The van der Waals surface area contributed by atoms with E-state index in [1.54, 1.807) is 18.2 Å². The van der Waals surface area contributed by atoms with Gasteiger partial charge in [0, 0.05) is 23.7 Å². The van der Waals surface area contributed by atoms with E-state index in [1.165, 1.54) is 15.0 Å². The fourth-order valence-corrected chi connectivity index (χ4v) is 4.35. The lowest BCUT2D eigenvalue weighted by molar-refractivity contribution is 0.0940. The summed E-state index contributed by atoms with van der Waals surface area (Å²) >= 11 is 0. The molecule has 37 heavy (non-hydrogen) atoms. The molecule has 0 unspecified atom stereocenters. The van der Waals surface area contributed by atoms with E-state index in [-0.39, 0.29) is 41.1 Å². The van der Waals surface area contributed by atoms with Gasteiger partial charge in [-0.3, -0.25) is 19.0 Å². The molecule has 2 heterocycles. The number of aromatic nitrogens is 4. The molecule has 2 aromatic carbocycles. The number of nitrogens with one attached hydrogen (secondary N) is 1. The van der Waals surface area contributed by atoms with Crippen LogP contribution in [0.1, 0.15) is 66.0 Å². The van der Waals surface area contributed by atoms with E-state index in [0.29, 0.717) is 35.4 Å². The van der Waals surface area contributed by atoms with E-state index in [9.17, 15) is 19.2 Å². The molecule has 0 fully saturated rings. The monoisotopic (exact) mass is 503 g/mol. The number of carbonyl (C=O) groups is 2. The number of hydrogen-bond acceptors (Lipinski definition) is 5. The van der Waals surface area contributed by atoms with E-state index in [2.05, 4.69) is 24.3 Å². The molecule has 0 aliphatic rings. The molecule has 0 aliphatic heterocycles. The van der Waals surface area contributed by atoms with Crippen LogP contribution in [-0.4, -0.2) is 36.5 Å². The number of carbonyl (C=O) groups excluding carboxylic acids is 2. The van der Waals surface area contributed by atoms with Crippen molar-refractivity contribution in [2.24, 2.45) is 5.92 Å². The van der Waals surface area contributed by atoms with Crippen LogP contribution in [-0.2, 0) is 13.1 Å². The lowest BCUT2D eigenvalue weighted by Gasteiger charge is -2.12. The first-order chi connectivity index (χ1) is 17.5. The highest BCUT2D eigenvalue weighted by Crippen LogP contribution is 2.16. The zero-order valence-corrected chi connectivity index (χ0v) is 22.2. The van der Waals surface area contributed by atoms with E-state index in [1.807, 2.05) is 39.8 Å². The van der Waals surface area contributed by atoms with Gasteiger partial charge in [0.15, 0.2) is 5.78 Å². The Morgan fingerprint density at radius 2 is 1.73 bits per heavy atom. The minimum absolute atomic E-state index is 0.0752. The first kappa shape index (κ1) is 26.1. The number of rotatable bonds is 8. The number of amides is 1. The van der Waals surface area contributed by atoms with Crippen molar-refractivity contribution in [1.82, 2.24) is 24.1 Å². The lowest BCUT2D eigenvalue weighted by Crippen LogP contribution is -2.31. The van der Waals surface area contributed by atoms with Gasteiger partial charge < -0.3 is 5.32 Å². The zero-order chi connectivity index (χ0) is 27.0. The largest absolute Gasteiger partial charge is 0.352 e. The molecule has 9 heteroatoms. The number of benzene rings is 2. The second kappa shape index (κ2) is 10.2. The fraction of sp³-hybridized carbons (Fsp3) is 0.393. The number of fused-ring (bicyclic) bond motifs is 3. The Bertz CT molecular complexity index is 1640. The number of aryl methyl sites for hydroxylation is 3. The van der Waals surface area contributed by atoms with Crippen LogP contribution in [0.3, 0.4) is 0 Å². The molecule has 0 bridgehead atoms. The number of hydrogen-bond donors (Lipinski definition) is 1. The smallest absolute Gasteiger partial charge is 0.350 e. The summed E-state index contributed by atoms with van der Waals surface area (Å²) in [6.07, 6.45) is 0.707. The molecule has 0 radical (unpaired) electrons. The third-order valence-electron chi connectivity index (χ3n) is 6.38. The third-order valence-corrected chi connectivity index (χ3v) is 6.38. The highest BCUT2D eigenvalue weighted by molar-refractivity contribution is 5.98. The third kappa shape index (κ3) is 5.12. The van der Waals surface area contributed by atoms with Gasteiger partial charge in [-0.15, -0.1) is 5.10 Å². The molecule has 0 spiro atoms. The van der Waals surface area contributed by atoms with Gasteiger partial charge in [-0.1, -0.05) is 31.5 Å². The molecule has 0 aliphatic carbocycles. The fourth-order valence-electron chi connectivity index (χ4n) is 4.35. The molecule has 9 nitrogen and oxygen atoms in total. The van der Waals surface area contributed by atoms with Crippen molar-refractivity contribution < 1.29 is 9.59 Å². The van der Waals surface area contributed by atoms with Crippen LogP contribution >= 0.6 is 0 Å². The highest BCUT2D eigenvalue weighted by atomic mass is 16.2. The van der Waals surface area contributed by atoms with Crippen molar-refractivity contribution in [3.05, 3.63) is 79.5 Å². The lowest BCUT2D eigenvalue weighted by atomic mass is 10.0. The van der Waals surface area contributed by atoms with Gasteiger partial charge in [0.05, 0.1) is 10.9 Å². The Morgan fingerprint density at radius 3 is 2.41 bits per heavy atom. The van der Waals surface area contributed by atoms with Gasteiger partial charge >= 0.3 is 5.69 Å². The van der Waals surface area contributed by atoms with Crippen molar-refractivity contribution in [2.45, 2.75) is 67.1 Å². The van der Waals surface area contributed by atoms with Crippen LogP contribution in [0.5, 0.6) is 0 Å². The first-order valence-electron chi connectivity index (χ1n) is 12.6. The van der Waals surface area contributed by atoms with Gasteiger partial charge in [0.1, 0.15) is 6.54 Å². The van der Waals surface area contributed by atoms with Crippen LogP contribution in [0.2, 0.25) is 0 Å². The van der Waals surface area contributed by atoms with Crippen LogP contribution in [0.25, 0.3) is 16.7 Å². The summed E-state index contributed by atoms with van der Waals surface area (Å²) in [5, 5.41) is 7.59. The average molecular weight is 504 g/mol. The summed E-state index contributed by atoms with van der Waals surface area (Å²) in [5.74, 6) is -0.0774. The maximum atomic E-state index is 13.6. The molecular formula is C28H33N5O4. The Kier molecular flexibility index (Phi) is 7.16. The van der Waals surface area contributed by atoms with Crippen molar-refractivity contribution in [3.63, 3.8) is 0 Å². The molecular weight excluding hydrogens is 470 g/mol. The molecule has 0 saturated carbocycles. The molecule has 0 atom stereocenters. The molecule has 194 valence electrons. The summed E-state index contributed by atoms with van der Waals surface area (Å²) in [4.78, 5) is 52.9. The predicted octanol–water partition coefficient (Wildman–Crippen LogP) is 3.49. The maximum Gasteiger partial charge on any atom is 0.352 e. The van der Waals surface area contributed by atoms with E-state index in [0.717, 1.165) is 15.8 Å². The number of nitrogens with zero attached hydrogens (tertiary/aromatic N) is 4. The molecule has 1 N–H and O–H groups in total. The van der Waals surface area contributed by atoms with Crippen LogP contribution in [0.15, 0.2) is 46.0 Å². The summed E-state index contributed by atoms with van der Waals surface area (Å²) in [7, 11) is 0. The summed E-state index contributed by atoms with van der Waals surface area (Å²) in [5.41, 5.74) is 2.05. The molecule has 2 aromatic heterocycles. The summed E-state index contributed by atoms with van der Waals surface area (Å²) in [6.45, 7) is 11.7. The van der Waals surface area contributed by atoms with Gasteiger partial charge in [-0.05, 0) is 69.9 Å². The van der Waals surface area contributed by atoms with E-state index >= 15 is 0 Å². The Morgan fingerprint density at radius 1 is 1.00 bits per heavy atom. The molecule has 4 rings (SSSR count). The van der Waals surface area contributed by atoms with Crippen molar-refractivity contribution in [3.8, 4) is 0 Å². The summed E-state index contributed by atoms with van der Waals surface area (Å²) in [6, 6.07) is 10.2. The minimum atomic E-state index is -0.543. The second-order valence-corrected chi connectivity index (χ2v) is 10.3. The zero-order valence-electron chi connectivity index (χ0n) is 22.2. The Hall–Kier alpha value is -4.01. The van der Waals surface area contributed by atoms with Crippen LogP contribution in [0.4, 0.5) is 0 Å². The van der Waals surface area contributed by atoms with Gasteiger partial charge in [-0.2, -0.15) is 0 Å². The quantitative estimate of drug-likeness (QED) is 0.371. The topological polar surface area (TPSA) is 107 Å². The predicted molar refractivity (Wildman–Crippen MR) is 144 cm³/mol. The molecule has 1 amide bonds. The average Bonchev–Trinajstić information content (AvgIpc) is 3.15. The van der Waals surface area contributed by atoms with Crippen molar-refractivity contribution in [1.29, 1.82) is 0 Å². The van der Waals surface area contributed by atoms with Gasteiger partial charge in [0.25, 0.3) is 11.5 Å². The SMILES string of the molecule is Cc1ccc(C)c(C(=O)Cn2nc3n(CCC(C)C)c(=O)c4ccc(C(=O)NC(C)C)cc4n3c2=O)c1. The Balaban J connectivity index is 1.93. The standard InChI is InChI=1S/C28H33N5O4/c1-16(2)11-12-31-26(36)21-10-9-20(25(35)29-17(3)4)14-23(21)33-27(31)30-32(28(33)37)15-24(34)22-13-18(5)7-8-19(22)6/h7-10,13-14,16-17H,11-12,15H2,1-6H3,(H,29,35). The number of Topliss-reactive ketones (excluding diaryl/α,β-unsaturated/α-hetero) is 1. The van der Waals surface area contributed by atoms with Gasteiger partial charge in [-0.25, -0.2) is 13.9 Å². The molecule has 4 aromatic rings. The highest BCUT2D eigenvalue weighted by Gasteiger charge is 2.21.